The lowest BCUT2D eigenvalue weighted by atomic mass is 9.81. The van der Waals surface area contributed by atoms with E-state index in [1.54, 1.807) is 14.7 Å². The van der Waals surface area contributed by atoms with Gasteiger partial charge in [0.15, 0.2) is 6.23 Å². The van der Waals surface area contributed by atoms with E-state index < -0.39 is 72.4 Å². The Kier molecular flexibility index (Phi) is 25.4. The number of hydrogen-bond donors (Lipinski definition) is 10. The summed E-state index contributed by atoms with van der Waals surface area (Å²) < 4.78 is 4.94. The Morgan fingerprint density at radius 1 is 0.608 bits per heavy atom. The zero-order chi connectivity index (χ0) is 54.0. The molecule has 2 aromatic rings. The van der Waals surface area contributed by atoms with Gasteiger partial charge in [0.2, 0.25) is 17.7 Å². The molecule has 408 valence electrons. The van der Waals surface area contributed by atoms with Crippen LogP contribution in [-0.4, -0.2) is 215 Å². The average molecular weight is 1040 g/mol. The first-order valence-electron chi connectivity index (χ1n) is 24.8. The normalized spacial score (nSPS) is 18.7. The molecule has 2 aromatic carbocycles. The van der Waals surface area contributed by atoms with Crippen LogP contribution in [0.3, 0.4) is 0 Å². The fourth-order valence-corrected chi connectivity index (χ4v) is 8.93. The number of benzene rings is 2. The number of carboxylic acids is 5. The number of carboxylic acid groups (broad SMARTS) is 5. The summed E-state index contributed by atoms with van der Waals surface area (Å²) >= 11 is 0. The van der Waals surface area contributed by atoms with Gasteiger partial charge in [-0.2, -0.15) is 0 Å². The Hall–Kier alpha value is -6.96. The quantitative estimate of drug-likeness (QED) is 0.0296. The van der Waals surface area contributed by atoms with E-state index in [4.69, 9.17) is 9.84 Å². The summed E-state index contributed by atoms with van der Waals surface area (Å²) in [7, 11) is 0. The number of urea groups is 1. The Labute approximate surface area is 428 Å². The smallest absolute Gasteiger partial charge is 0.326 e. The van der Waals surface area contributed by atoms with Gasteiger partial charge in [-0.15, -0.1) is 0 Å². The summed E-state index contributed by atoms with van der Waals surface area (Å²) in [5.74, 6) is -7.12. The monoisotopic (exact) mass is 1040 g/mol. The molecule has 25 heteroatoms. The molecule has 0 spiro atoms. The molecule has 4 rings (SSSR count). The topological polar surface area (TPSA) is 354 Å². The predicted molar refractivity (Wildman–Crippen MR) is 264 cm³/mol. The van der Waals surface area contributed by atoms with E-state index in [-0.39, 0.29) is 115 Å². The third-order valence-electron chi connectivity index (χ3n) is 13.0. The fraction of sp³-hybridized carbons (Fsp3) is 0.592. The Morgan fingerprint density at radius 2 is 1.16 bits per heavy atom. The van der Waals surface area contributed by atoms with Gasteiger partial charge in [0, 0.05) is 90.6 Å². The fourth-order valence-electron chi connectivity index (χ4n) is 8.93. The van der Waals surface area contributed by atoms with Gasteiger partial charge in [0.25, 0.3) is 6.47 Å². The van der Waals surface area contributed by atoms with E-state index in [9.17, 15) is 68.4 Å². The lowest BCUT2D eigenvalue weighted by Gasteiger charge is -2.33. The number of fused-ring (bicyclic) bond motifs is 1. The molecular formula is C49H71N9O16. The summed E-state index contributed by atoms with van der Waals surface area (Å²) in [4.78, 5) is 129. The lowest BCUT2D eigenvalue weighted by Crippen LogP contribution is -2.50. The maximum Gasteiger partial charge on any atom is 0.326 e. The van der Waals surface area contributed by atoms with Crippen molar-refractivity contribution in [3.05, 3.63) is 48.0 Å². The average Bonchev–Trinajstić information content (AvgIpc) is 3.34. The molecule has 1 heterocycles. The highest BCUT2D eigenvalue weighted by Crippen LogP contribution is 2.29. The second-order valence-electron chi connectivity index (χ2n) is 18.7. The van der Waals surface area contributed by atoms with Crippen molar-refractivity contribution >= 4 is 70.8 Å². The van der Waals surface area contributed by atoms with Crippen LogP contribution in [0.15, 0.2) is 42.5 Å². The van der Waals surface area contributed by atoms with Crippen molar-refractivity contribution in [2.45, 2.75) is 82.5 Å². The van der Waals surface area contributed by atoms with Crippen molar-refractivity contribution in [1.82, 2.24) is 46.2 Å². The highest BCUT2D eigenvalue weighted by Gasteiger charge is 2.31. The first-order chi connectivity index (χ1) is 35.4. The van der Waals surface area contributed by atoms with Gasteiger partial charge in [-0.1, -0.05) is 42.5 Å². The van der Waals surface area contributed by atoms with Crippen molar-refractivity contribution in [1.29, 1.82) is 0 Å². The first kappa shape index (κ1) is 59.6. The van der Waals surface area contributed by atoms with Crippen LogP contribution < -0.4 is 26.6 Å². The van der Waals surface area contributed by atoms with Crippen LogP contribution in [0.5, 0.6) is 0 Å². The van der Waals surface area contributed by atoms with Crippen LogP contribution in [0.2, 0.25) is 0 Å². The molecule has 1 saturated carbocycles. The number of amides is 5. The number of nitrogens with zero attached hydrogens (tertiary/aromatic N) is 4. The third kappa shape index (κ3) is 22.9. The molecule has 0 bridgehead atoms. The number of carbonyl (C=O) groups is 10. The standard InChI is InChI=1S/C49H71N9O16/c59-32-74-41(54-49(73)53-38(48(71)72)14-15-42(61)62)7-3-4-16-50-47(70)39(26-34-10-11-35-5-1-2-6-37(35)25-34)52-46(69)36-12-8-33(9-13-36)27-51-40(60)28-55-17-19-56(29-43(63)64)21-23-58(31-45(67)68)24-22-57(20-18-55)30-44(65)66/h1-2,5-6,10-11,25,32-33,36,38-39,41H,3-4,7-9,12-24,26-31H2,(H,50,70)(H,51,60)(H,52,69)(H,61,62)(H,63,64)(H,65,66)(H,67,68)(H,71,72)(H2,53,54,73)/t33?,36?,38-,39-,41+/m0/s1. The van der Waals surface area contributed by atoms with Gasteiger partial charge >= 0.3 is 35.9 Å². The Balaban J connectivity index is 1.29. The van der Waals surface area contributed by atoms with Gasteiger partial charge in [-0.25, -0.2) is 9.59 Å². The molecule has 0 unspecified atom stereocenters. The molecule has 3 atom stereocenters. The summed E-state index contributed by atoms with van der Waals surface area (Å²) in [6, 6.07) is 10.1. The molecule has 74 heavy (non-hydrogen) atoms. The van der Waals surface area contributed by atoms with Gasteiger partial charge in [0.05, 0.1) is 26.2 Å². The zero-order valence-corrected chi connectivity index (χ0v) is 41.5. The van der Waals surface area contributed by atoms with Crippen molar-refractivity contribution < 1.29 is 78.2 Å². The maximum atomic E-state index is 13.8. The number of carbonyl (C=O) groups excluding carboxylic acids is 5. The highest BCUT2D eigenvalue weighted by molar-refractivity contribution is 5.89. The number of nitrogens with one attached hydrogen (secondary N) is 5. The van der Waals surface area contributed by atoms with Crippen molar-refractivity contribution in [2.75, 3.05) is 91.6 Å². The predicted octanol–water partition coefficient (Wildman–Crippen LogP) is -0.332. The van der Waals surface area contributed by atoms with Gasteiger partial charge in [-0.05, 0) is 67.2 Å². The van der Waals surface area contributed by atoms with Gasteiger partial charge < -0.3 is 56.9 Å². The molecule has 10 N–H and O–H groups in total. The SMILES string of the molecule is O=CO[C@H](CCCCNC(=O)[C@H](Cc1ccc2ccccc2c1)NC(=O)C1CCC(CNC(=O)CN2CCN(CC(=O)O)CCN(CC(=O)O)CCN(CC(=O)O)CC2)CC1)NC(=O)N[C@@H](CCC(=O)O)C(=O)O. The van der Waals surface area contributed by atoms with Crippen LogP contribution in [0, 0.1) is 11.8 Å². The number of ether oxygens (including phenoxy) is 1. The van der Waals surface area contributed by atoms with Crippen LogP contribution in [0.1, 0.15) is 63.4 Å². The molecule has 25 nitrogen and oxygen atoms in total. The minimum absolute atomic E-state index is 0.0221. The van der Waals surface area contributed by atoms with Crippen LogP contribution in [0.4, 0.5) is 4.79 Å². The second kappa shape index (κ2) is 31.6. The first-order valence-corrected chi connectivity index (χ1v) is 24.8. The van der Waals surface area contributed by atoms with E-state index in [0.29, 0.717) is 58.2 Å². The number of aliphatic carboxylic acids is 5. The minimum Gasteiger partial charge on any atom is -0.481 e. The number of unbranched alkanes of at least 4 members (excludes halogenated alkanes) is 1. The van der Waals surface area contributed by atoms with Crippen molar-refractivity contribution in [3.8, 4) is 0 Å². The van der Waals surface area contributed by atoms with E-state index in [1.807, 2.05) is 47.4 Å². The Morgan fingerprint density at radius 3 is 1.69 bits per heavy atom. The highest BCUT2D eigenvalue weighted by atomic mass is 16.5. The molecule has 0 radical (unpaired) electrons. The molecular weight excluding hydrogens is 971 g/mol. The van der Waals surface area contributed by atoms with Crippen molar-refractivity contribution in [3.63, 3.8) is 0 Å². The van der Waals surface area contributed by atoms with E-state index >= 15 is 0 Å². The third-order valence-corrected chi connectivity index (χ3v) is 13.0. The number of hydrogen-bond acceptors (Lipinski definition) is 15. The molecule has 1 saturated heterocycles. The minimum atomic E-state index is -1.49. The van der Waals surface area contributed by atoms with Crippen molar-refractivity contribution in [2.24, 2.45) is 11.8 Å². The maximum absolute atomic E-state index is 13.8. The summed E-state index contributed by atoms with van der Waals surface area (Å²) in [6.07, 6.45) is 1.28. The van der Waals surface area contributed by atoms with Crippen LogP contribution >= 0.6 is 0 Å². The van der Waals surface area contributed by atoms with Crippen LogP contribution in [-0.2, 0) is 54.3 Å². The Bertz CT molecular complexity index is 2200. The summed E-state index contributed by atoms with van der Waals surface area (Å²) in [5, 5.41) is 62.0. The number of rotatable bonds is 28. The molecule has 2 aliphatic rings. The molecule has 1 aliphatic carbocycles. The summed E-state index contributed by atoms with van der Waals surface area (Å²) in [6.45, 7) is 1.96. The van der Waals surface area contributed by atoms with Gasteiger partial charge in [0.1, 0.15) is 12.1 Å². The molecule has 2 fully saturated rings. The molecule has 0 aromatic heterocycles. The summed E-state index contributed by atoms with van der Waals surface area (Å²) in [5.41, 5.74) is 0.821. The molecule has 1 aliphatic heterocycles. The largest absolute Gasteiger partial charge is 0.481 e. The van der Waals surface area contributed by atoms with Gasteiger partial charge in [-0.3, -0.25) is 58.0 Å². The molecule has 5 amide bonds. The lowest BCUT2D eigenvalue weighted by molar-refractivity contribution is -0.141. The zero-order valence-electron chi connectivity index (χ0n) is 41.5. The van der Waals surface area contributed by atoms with E-state index in [0.717, 1.165) is 16.3 Å². The van der Waals surface area contributed by atoms with Crippen LogP contribution in [0.25, 0.3) is 10.8 Å². The second-order valence-corrected chi connectivity index (χ2v) is 18.7. The van der Waals surface area contributed by atoms with E-state index in [1.165, 1.54) is 0 Å². The van der Waals surface area contributed by atoms with E-state index in [2.05, 4.69) is 26.6 Å².